The zero-order chi connectivity index (χ0) is 20.3. The van der Waals surface area contributed by atoms with E-state index in [0.29, 0.717) is 11.5 Å². The van der Waals surface area contributed by atoms with E-state index in [0.717, 1.165) is 43.5 Å². The van der Waals surface area contributed by atoms with Gasteiger partial charge in [-0.1, -0.05) is 13.3 Å². The number of carbonyl (C=O) groups excluding carboxylic acids is 2. The van der Waals surface area contributed by atoms with E-state index in [-0.39, 0.29) is 23.9 Å². The Kier molecular flexibility index (Phi) is 6.54. The maximum absolute atomic E-state index is 13.3. The Morgan fingerprint density at radius 2 is 2.18 bits per heavy atom. The number of hydrogen-bond donors (Lipinski definition) is 2. The Morgan fingerprint density at radius 3 is 2.86 bits per heavy atom. The number of aromatic nitrogens is 2. The number of aromatic amines is 1. The van der Waals surface area contributed by atoms with Crippen LogP contribution in [0.2, 0.25) is 0 Å². The lowest BCUT2D eigenvalue weighted by Gasteiger charge is -2.39. The second-order valence-corrected chi connectivity index (χ2v) is 8.90. The van der Waals surface area contributed by atoms with Gasteiger partial charge in [-0.15, -0.1) is 11.3 Å². The fraction of sp³-hybridized carbons (Fsp3) is 0.571. The number of carbonyl (C=O) groups is 2. The summed E-state index contributed by atoms with van der Waals surface area (Å²) in [5, 5.41) is 3.05. The number of amides is 2. The molecule has 2 N–H and O–H groups in total. The van der Waals surface area contributed by atoms with Crippen molar-refractivity contribution in [1.29, 1.82) is 0 Å². The largest absolute Gasteiger partial charge is 0.346 e. The van der Waals surface area contributed by atoms with Crippen LogP contribution >= 0.6 is 11.3 Å². The first-order valence-corrected chi connectivity index (χ1v) is 10.9. The van der Waals surface area contributed by atoms with Crippen molar-refractivity contribution in [3.63, 3.8) is 0 Å². The number of hydrogen-bond acceptors (Lipinski definition) is 4. The van der Waals surface area contributed by atoms with Gasteiger partial charge in [0.15, 0.2) is 0 Å². The fourth-order valence-corrected chi connectivity index (χ4v) is 4.96. The topological polar surface area (TPSA) is 78.1 Å². The van der Waals surface area contributed by atoms with Crippen LogP contribution in [0.3, 0.4) is 0 Å². The molecule has 2 atom stereocenters. The zero-order valence-electron chi connectivity index (χ0n) is 17.2. The van der Waals surface area contributed by atoms with Gasteiger partial charge in [-0.2, -0.15) is 0 Å². The number of H-pyrrole nitrogens is 1. The van der Waals surface area contributed by atoms with E-state index in [4.69, 9.17) is 0 Å². The molecule has 0 aromatic carbocycles. The molecule has 1 saturated heterocycles. The highest BCUT2D eigenvalue weighted by atomic mass is 32.1. The highest BCUT2D eigenvalue weighted by molar-refractivity contribution is 7.14. The molecule has 6 nitrogen and oxygen atoms in total. The first-order chi connectivity index (χ1) is 13.4. The third-order valence-electron chi connectivity index (χ3n) is 5.44. The van der Waals surface area contributed by atoms with Gasteiger partial charge in [0.1, 0.15) is 11.5 Å². The molecule has 0 spiro atoms. The Balaban J connectivity index is 1.73. The monoisotopic (exact) mass is 402 g/mol. The van der Waals surface area contributed by atoms with Crippen molar-refractivity contribution in [2.75, 3.05) is 6.54 Å². The highest BCUT2D eigenvalue weighted by Crippen LogP contribution is 2.28. The number of rotatable bonds is 6. The number of imidazole rings is 1. The van der Waals surface area contributed by atoms with Crippen molar-refractivity contribution >= 4 is 23.2 Å². The molecule has 28 heavy (non-hydrogen) atoms. The standard InChI is InChI=1S/C21H30N4O2S/c1-5-8-16-11-19(28-14(16)3)21(27)25-10-7-6-9-18(25)13(2)23-20(26)17-12-22-15(4)24-17/h11-13,18H,5-10H2,1-4H3,(H,22,24)(H,23,26). The van der Waals surface area contributed by atoms with E-state index < -0.39 is 0 Å². The molecule has 1 aliphatic rings. The van der Waals surface area contributed by atoms with Crippen molar-refractivity contribution in [2.45, 2.75) is 71.9 Å². The molecule has 0 saturated carbocycles. The quantitative estimate of drug-likeness (QED) is 0.770. The molecule has 7 heteroatoms. The first kappa shape index (κ1) is 20.6. The van der Waals surface area contributed by atoms with E-state index in [1.54, 1.807) is 17.5 Å². The molecule has 0 bridgehead atoms. The van der Waals surface area contributed by atoms with Crippen LogP contribution in [-0.4, -0.2) is 45.3 Å². The van der Waals surface area contributed by atoms with Gasteiger partial charge >= 0.3 is 0 Å². The van der Waals surface area contributed by atoms with Crippen LogP contribution in [-0.2, 0) is 6.42 Å². The maximum Gasteiger partial charge on any atom is 0.269 e. The summed E-state index contributed by atoms with van der Waals surface area (Å²) in [4.78, 5) is 36.8. The normalized spacial score (nSPS) is 18.1. The van der Waals surface area contributed by atoms with Gasteiger partial charge in [0.2, 0.25) is 0 Å². The summed E-state index contributed by atoms with van der Waals surface area (Å²) in [5.41, 5.74) is 1.73. The molecule has 1 aliphatic heterocycles. The Labute approximate surface area is 170 Å². The van der Waals surface area contributed by atoms with Crippen molar-refractivity contribution in [1.82, 2.24) is 20.2 Å². The Bertz CT molecular complexity index is 841. The van der Waals surface area contributed by atoms with Gasteiger partial charge in [0.25, 0.3) is 11.8 Å². The highest BCUT2D eigenvalue weighted by Gasteiger charge is 2.33. The second kappa shape index (κ2) is 8.90. The average Bonchev–Trinajstić information content (AvgIpc) is 3.27. The molecule has 0 aliphatic carbocycles. The minimum atomic E-state index is -0.178. The van der Waals surface area contributed by atoms with Crippen LogP contribution in [0.25, 0.3) is 0 Å². The van der Waals surface area contributed by atoms with Crippen LogP contribution in [0.5, 0.6) is 0 Å². The molecule has 2 aromatic heterocycles. The fourth-order valence-electron chi connectivity index (χ4n) is 3.93. The minimum Gasteiger partial charge on any atom is -0.346 e. The van der Waals surface area contributed by atoms with E-state index in [1.165, 1.54) is 10.4 Å². The molecule has 3 heterocycles. The van der Waals surface area contributed by atoms with Crippen molar-refractivity contribution in [2.24, 2.45) is 0 Å². The lowest BCUT2D eigenvalue weighted by atomic mass is 9.96. The summed E-state index contributed by atoms with van der Waals surface area (Å²) >= 11 is 1.59. The molecule has 0 radical (unpaired) electrons. The summed E-state index contributed by atoms with van der Waals surface area (Å²) in [6.45, 7) is 8.80. The van der Waals surface area contributed by atoms with Gasteiger partial charge in [-0.3, -0.25) is 9.59 Å². The number of piperidine rings is 1. The summed E-state index contributed by atoms with van der Waals surface area (Å²) in [6, 6.07) is 1.94. The SMILES string of the molecule is CCCc1cc(C(=O)N2CCCCC2C(C)NC(=O)c2cnc(C)[nH]2)sc1C. The van der Waals surface area contributed by atoms with E-state index >= 15 is 0 Å². The molecule has 2 amide bonds. The van der Waals surface area contributed by atoms with Crippen molar-refractivity contribution in [3.8, 4) is 0 Å². The molecular formula is C21H30N4O2S. The third kappa shape index (κ3) is 4.46. The summed E-state index contributed by atoms with van der Waals surface area (Å²) in [5.74, 6) is 0.630. The smallest absolute Gasteiger partial charge is 0.269 e. The van der Waals surface area contributed by atoms with Crippen molar-refractivity contribution < 1.29 is 9.59 Å². The van der Waals surface area contributed by atoms with Gasteiger partial charge in [0.05, 0.1) is 17.1 Å². The molecule has 3 rings (SSSR count). The van der Waals surface area contributed by atoms with Crippen LogP contribution in [0, 0.1) is 13.8 Å². The predicted octanol–water partition coefficient (Wildman–Crippen LogP) is 3.85. The number of nitrogens with one attached hydrogen (secondary N) is 2. The van der Waals surface area contributed by atoms with Gasteiger partial charge < -0.3 is 15.2 Å². The van der Waals surface area contributed by atoms with E-state index in [9.17, 15) is 9.59 Å². The van der Waals surface area contributed by atoms with Crippen LogP contribution in [0.15, 0.2) is 12.3 Å². The molecule has 2 unspecified atom stereocenters. The Hall–Kier alpha value is -2.15. The molecule has 1 fully saturated rings. The number of likely N-dealkylation sites (tertiary alicyclic amines) is 1. The third-order valence-corrected chi connectivity index (χ3v) is 6.52. The first-order valence-electron chi connectivity index (χ1n) is 10.1. The summed E-state index contributed by atoms with van der Waals surface area (Å²) in [7, 11) is 0. The molecule has 2 aromatic rings. The van der Waals surface area contributed by atoms with Crippen LogP contribution in [0.4, 0.5) is 0 Å². The van der Waals surface area contributed by atoms with E-state index in [1.807, 2.05) is 18.7 Å². The summed E-state index contributed by atoms with van der Waals surface area (Å²) in [6.07, 6.45) is 6.62. The number of thiophene rings is 1. The average molecular weight is 403 g/mol. The number of aryl methyl sites for hydroxylation is 3. The maximum atomic E-state index is 13.3. The predicted molar refractivity (Wildman–Crippen MR) is 112 cm³/mol. The minimum absolute atomic E-state index is 0.00579. The molecular weight excluding hydrogens is 372 g/mol. The van der Waals surface area contributed by atoms with Gasteiger partial charge in [-0.05, 0) is 58.1 Å². The Morgan fingerprint density at radius 1 is 1.39 bits per heavy atom. The second-order valence-electron chi connectivity index (χ2n) is 7.65. The zero-order valence-corrected chi connectivity index (χ0v) is 18.0. The molecule has 152 valence electrons. The van der Waals surface area contributed by atoms with Crippen molar-refractivity contribution in [3.05, 3.63) is 39.1 Å². The summed E-state index contributed by atoms with van der Waals surface area (Å²) < 4.78 is 0. The van der Waals surface area contributed by atoms with Gasteiger partial charge in [0, 0.05) is 17.5 Å². The van der Waals surface area contributed by atoms with Crippen LogP contribution < -0.4 is 5.32 Å². The lowest BCUT2D eigenvalue weighted by molar-refractivity contribution is 0.0552. The number of nitrogens with zero attached hydrogens (tertiary/aromatic N) is 2. The van der Waals surface area contributed by atoms with Gasteiger partial charge in [-0.25, -0.2) is 4.98 Å². The van der Waals surface area contributed by atoms with Crippen LogP contribution in [0.1, 0.15) is 76.0 Å². The van der Waals surface area contributed by atoms with E-state index in [2.05, 4.69) is 35.2 Å². The lowest BCUT2D eigenvalue weighted by Crippen LogP contribution is -2.54.